The topological polar surface area (TPSA) is 40.1 Å². The van der Waals surface area contributed by atoms with Gasteiger partial charge in [0.15, 0.2) is 0 Å². The smallest absolute Gasteiger partial charge is 0.0977 e. The molecule has 9 heavy (non-hydrogen) atoms. The highest BCUT2D eigenvalue weighted by atomic mass is 16.3. The number of hydrogen-bond donors (Lipinski definition) is 1. The molecule has 0 saturated heterocycles. The lowest BCUT2D eigenvalue weighted by molar-refractivity contribution is -0.0127. The Labute approximate surface area is 56.5 Å². The van der Waals surface area contributed by atoms with Crippen LogP contribution in [-0.4, -0.2) is 17.3 Å². The molecule has 0 aromatic carbocycles. The van der Waals surface area contributed by atoms with Crippen LogP contribution in [0.2, 0.25) is 0 Å². The van der Waals surface area contributed by atoms with E-state index >= 15 is 0 Å². The summed E-state index contributed by atoms with van der Waals surface area (Å²) in [6.45, 7) is 5.29. The van der Waals surface area contributed by atoms with Gasteiger partial charge in [-0.25, -0.2) is 5.11 Å². The minimum atomic E-state index is -0.606. The molecule has 0 fully saturated rings. The molecule has 0 aliphatic rings. The van der Waals surface area contributed by atoms with Crippen molar-refractivity contribution in [2.45, 2.75) is 39.4 Å². The highest BCUT2D eigenvalue weighted by Crippen LogP contribution is 2.10. The fourth-order valence-corrected chi connectivity index (χ4v) is 0.682. The lowest BCUT2D eigenvalue weighted by Gasteiger charge is -2.17. The summed E-state index contributed by atoms with van der Waals surface area (Å²) in [5.41, 5.74) is 0. The molecule has 2 heteroatoms. The molecule has 0 spiro atoms. The third-order valence-corrected chi connectivity index (χ3v) is 1.75. The first-order valence-electron chi connectivity index (χ1n) is 3.43. The van der Waals surface area contributed by atoms with Gasteiger partial charge in [0, 0.05) is 5.92 Å². The van der Waals surface area contributed by atoms with Crippen molar-refractivity contribution < 1.29 is 10.2 Å². The lowest BCUT2D eigenvalue weighted by atomic mass is 9.98. The van der Waals surface area contributed by atoms with Gasteiger partial charge < -0.3 is 5.11 Å². The summed E-state index contributed by atoms with van der Waals surface area (Å²) >= 11 is 0. The molecule has 0 aromatic rings. The fourth-order valence-electron chi connectivity index (χ4n) is 0.682. The molecule has 3 unspecified atom stereocenters. The van der Waals surface area contributed by atoms with Crippen LogP contribution in [0.25, 0.3) is 0 Å². The SMILES string of the molecule is CCC([O])C(C)C(C)O. The molecule has 0 amide bonds. The number of aliphatic hydroxyl groups is 1. The van der Waals surface area contributed by atoms with Crippen molar-refractivity contribution in [1.82, 2.24) is 0 Å². The van der Waals surface area contributed by atoms with E-state index in [1.165, 1.54) is 0 Å². The van der Waals surface area contributed by atoms with E-state index in [9.17, 15) is 5.11 Å². The number of rotatable bonds is 3. The zero-order valence-electron chi connectivity index (χ0n) is 6.29. The quantitative estimate of drug-likeness (QED) is 0.614. The van der Waals surface area contributed by atoms with Gasteiger partial charge in [0.1, 0.15) is 0 Å². The van der Waals surface area contributed by atoms with E-state index in [1.54, 1.807) is 13.8 Å². The molecule has 3 atom stereocenters. The maximum Gasteiger partial charge on any atom is 0.0977 e. The predicted molar refractivity (Wildman–Crippen MR) is 35.6 cm³/mol. The van der Waals surface area contributed by atoms with Crippen LogP contribution >= 0.6 is 0 Å². The van der Waals surface area contributed by atoms with Crippen molar-refractivity contribution in [3.63, 3.8) is 0 Å². The van der Waals surface area contributed by atoms with E-state index in [4.69, 9.17) is 5.11 Å². The summed E-state index contributed by atoms with van der Waals surface area (Å²) < 4.78 is 0. The summed E-state index contributed by atoms with van der Waals surface area (Å²) in [6.07, 6.45) is -0.469. The van der Waals surface area contributed by atoms with Crippen LogP contribution in [0.3, 0.4) is 0 Å². The lowest BCUT2D eigenvalue weighted by Crippen LogP contribution is -2.25. The van der Waals surface area contributed by atoms with Crippen molar-refractivity contribution in [3.8, 4) is 0 Å². The van der Waals surface area contributed by atoms with Gasteiger partial charge in [-0.2, -0.15) is 0 Å². The second-order valence-electron chi connectivity index (χ2n) is 2.55. The molecule has 0 bridgehead atoms. The van der Waals surface area contributed by atoms with Gasteiger partial charge in [-0.1, -0.05) is 13.8 Å². The van der Waals surface area contributed by atoms with E-state index in [1.807, 2.05) is 6.92 Å². The Kier molecular flexibility index (Phi) is 3.82. The highest BCUT2D eigenvalue weighted by molar-refractivity contribution is 4.66. The highest BCUT2D eigenvalue weighted by Gasteiger charge is 2.17. The third-order valence-electron chi connectivity index (χ3n) is 1.75. The minimum absolute atomic E-state index is 0.116. The van der Waals surface area contributed by atoms with Gasteiger partial charge >= 0.3 is 0 Å². The van der Waals surface area contributed by atoms with Crippen molar-refractivity contribution in [1.29, 1.82) is 0 Å². The first-order valence-corrected chi connectivity index (χ1v) is 3.43. The molecular weight excluding hydrogens is 116 g/mol. The average Bonchev–Trinajstić information content (AvgIpc) is 1.84. The van der Waals surface area contributed by atoms with Gasteiger partial charge in [0.2, 0.25) is 0 Å². The van der Waals surface area contributed by atoms with Crippen LogP contribution in [0.15, 0.2) is 0 Å². The molecule has 0 rings (SSSR count). The third kappa shape index (κ3) is 2.82. The molecule has 1 N–H and O–H groups in total. The second-order valence-corrected chi connectivity index (χ2v) is 2.55. The molecule has 2 nitrogen and oxygen atoms in total. The standard InChI is InChI=1S/C7H15O2/c1-4-7(9)5(2)6(3)8/h5-8H,4H2,1-3H3. The molecular formula is C7H15O2. The van der Waals surface area contributed by atoms with Crippen LogP contribution < -0.4 is 0 Å². The molecule has 0 aliphatic carbocycles. The molecule has 0 aliphatic heterocycles. The van der Waals surface area contributed by atoms with E-state index in [-0.39, 0.29) is 5.92 Å². The Balaban J connectivity index is 3.58. The first kappa shape index (κ1) is 8.92. The summed E-state index contributed by atoms with van der Waals surface area (Å²) in [6, 6.07) is 0. The van der Waals surface area contributed by atoms with Crippen LogP contribution in [0.1, 0.15) is 27.2 Å². The maximum atomic E-state index is 10.9. The summed E-state index contributed by atoms with van der Waals surface area (Å²) in [7, 11) is 0. The maximum absolute atomic E-state index is 10.9. The van der Waals surface area contributed by atoms with E-state index in [2.05, 4.69) is 0 Å². The van der Waals surface area contributed by atoms with Gasteiger partial charge in [-0.15, -0.1) is 0 Å². The van der Waals surface area contributed by atoms with E-state index < -0.39 is 12.2 Å². The normalized spacial score (nSPS) is 21.0. The Morgan fingerprint density at radius 2 is 1.89 bits per heavy atom. The van der Waals surface area contributed by atoms with Crippen molar-refractivity contribution in [2.24, 2.45) is 5.92 Å². The predicted octanol–water partition coefficient (Wildman–Crippen LogP) is 1.21. The minimum Gasteiger partial charge on any atom is -0.393 e. The zero-order chi connectivity index (χ0) is 7.44. The molecule has 55 valence electrons. The van der Waals surface area contributed by atoms with Gasteiger partial charge in [0.05, 0.1) is 12.2 Å². The van der Waals surface area contributed by atoms with Crippen LogP contribution in [0.4, 0.5) is 0 Å². The van der Waals surface area contributed by atoms with E-state index in [0.29, 0.717) is 6.42 Å². The monoisotopic (exact) mass is 131 g/mol. The van der Waals surface area contributed by atoms with Gasteiger partial charge in [0.25, 0.3) is 0 Å². The number of aliphatic hydroxyl groups excluding tert-OH is 1. The molecule has 0 heterocycles. The Morgan fingerprint density at radius 1 is 1.44 bits per heavy atom. The van der Waals surface area contributed by atoms with Crippen LogP contribution in [-0.2, 0) is 5.11 Å². The van der Waals surface area contributed by atoms with E-state index in [0.717, 1.165) is 0 Å². The fraction of sp³-hybridized carbons (Fsp3) is 1.00. The Morgan fingerprint density at radius 3 is 2.00 bits per heavy atom. The van der Waals surface area contributed by atoms with Gasteiger partial charge in [-0.05, 0) is 13.3 Å². The summed E-state index contributed by atoms with van der Waals surface area (Å²) in [5, 5.41) is 19.8. The summed E-state index contributed by atoms with van der Waals surface area (Å²) in [5.74, 6) is -0.116. The largest absolute Gasteiger partial charge is 0.393 e. The van der Waals surface area contributed by atoms with Crippen molar-refractivity contribution in [2.75, 3.05) is 0 Å². The summed E-state index contributed by atoms with van der Waals surface area (Å²) in [4.78, 5) is 0. The number of hydrogen-bond acceptors (Lipinski definition) is 1. The van der Waals surface area contributed by atoms with Gasteiger partial charge in [-0.3, -0.25) is 0 Å². The molecule has 1 radical (unpaired) electrons. The molecule has 0 aromatic heterocycles. The molecule has 0 saturated carbocycles. The first-order chi connectivity index (χ1) is 4.09. The second kappa shape index (κ2) is 3.85. The van der Waals surface area contributed by atoms with Crippen LogP contribution in [0, 0.1) is 5.92 Å². The average molecular weight is 131 g/mol. The van der Waals surface area contributed by atoms with Crippen LogP contribution in [0.5, 0.6) is 0 Å². The Hall–Kier alpha value is -0.0800. The Bertz CT molecular complexity index is 71.3. The zero-order valence-corrected chi connectivity index (χ0v) is 6.29. The van der Waals surface area contributed by atoms with Crippen molar-refractivity contribution >= 4 is 0 Å². The van der Waals surface area contributed by atoms with Crippen molar-refractivity contribution in [3.05, 3.63) is 0 Å².